The summed E-state index contributed by atoms with van der Waals surface area (Å²) in [6.07, 6.45) is 4.32. The number of aryl methyl sites for hydroxylation is 2. The minimum Gasteiger partial charge on any atom is -0.491 e. The molecule has 2 nitrogen and oxygen atoms in total. The highest BCUT2D eigenvalue weighted by molar-refractivity contribution is 5.38. The summed E-state index contributed by atoms with van der Waals surface area (Å²) in [7, 11) is 0. The molecule has 1 N–H and O–H groups in total. The van der Waals surface area contributed by atoms with Gasteiger partial charge in [0.2, 0.25) is 0 Å². The first-order valence-corrected chi connectivity index (χ1v) is 6.08. The van der Waals surface area contributed by atoms with Crippen molar-refractivity contribution < 1.29 is 9.84 Å². The molecule has 0 saturated heterocycles. The molecule has 0 spiro atoms. The molecule has 1 aliphatic carbocycles. The molecule has 0 fully saturated rings. The lowest BCUT2D eigenvalue weighted by atomic mass is 10.1. The third-order valence-electron chi connectivity index (χ3n) is 3.38. The number of aliphatic hydroxyl groups is 1. The summed E-state index contributed by atoms with van der Waals surface area (Å²) in [5, 5.41) is 9.85. The number of ether oxygens (including phenoxy) is 1. The second kappa shape index (κ2) is 4.46. The summed E-state index contributed by atoms with van der Waals surface area (Å²) < 4.78 is 5.64. The molecule has 0 radical (unpaired) electrons. The molecule has 0 aliphatic heterocycles. The Morgan fingerprint density at radius 3 is 2.81 bits per heavy atom. The van der Waals surface area contributed by atoms with Crippen LogP contribution in [0.2, 0.25) is 0 Å². The zero-order chi connectivity index (χ0) is 11.6. The van der Waals surface area contributed by atoms with E-state index < -0.39 is 5.60 Å². The van der Waals surface area contributed by atoms with Crippen molar-refractivity contribution >= 4 is 0 Å². The van der Waals surface area contributed by atoms with Gasteiger partial charge in [-0.3, -0.25) is 0 Å². The Balaban J connectivity index is 2.00. The Morgan fingerprint density at radius 1 is 1.31 bits per heavy atom. The average molecular weight is 220 g/mol. The van der Waals surface area contributed by atoms with Crippen molar-refractivity contribution in [3.8, 4) is 5.75 Å². The first-order valence-electron chi connectivity index (χ1n) is 6.08. The maximum atomic E-state index is 9.85. The Hall–Kier alpha value is -1.02. The minimum atomic E-state index is -0.723. The van der Waals surface area contributed by atoms with E-state index in [1.54, 1.807) is 6.92 Å². The monoisotopic (exact) mass is 220 g/mol. The van der Waals surface area contributed by atoms with E-state index in [1.807, 2.05) is 13.0 Å². The van der Waals surface area contributed by atoms with Crippen LogP contribution in [0.3, 0.4) is 0 Å². The lowest BCUT2D eigenvalue weighted by Gasteiger charge is -2.21. The summed E-state index contributed by atoms with van der Waals surface area (Å²) in [5.41, 5.74) is 2.14. The van der Waals surface area contributed by atoms with E-state index in [-0.39, 0.29) is 0 Å². The first kappa shape index (κ1) is 11.5. The zero-order valence-corrected chi connectivity index (χ0v) is 10.1. The molecule has 0 aromatic heterocycles. The van der Waals surface area contributed by atoms with Crippen molar-refractivity contribution in [3.05, 3.63) is 29.3 Å². The van der Waals surface area contributed by atoms with Gasteiger partial charge in [0.1, 0.15) is 12.4 Å². The quantitative estimate of drug-likeness (QED) is 0.845. The van der Waals surface area contributed by atoms with E-state index >= 15 is 0 Å². The predicted molar refractivity (Wildman–Crippen MR) is 64.9 cm³/mol. The molecular weight excluding hydrogens is 200 g/mol. The topological polar surface area (TPSA) is 29.5 Å². The predicted octanol–water partition coefficient (Wildman–Crippen LogP) is 2.72. The summed E-state index contributed by atoms with van der Waals surface area (Å²) in [6, 6.07) is 6.28. The molecule has 0 saturated carbocycles. The largest absolute Gasteiger partial charge is 0.491 e. The van der Waals surface area contributed by atoms with E-state index in [0.29, 0.717) is 13.0 Å². The van der Waals surface area contributed by atoms with Gasteiger partial charge in [-0.1, -0.05) is 13.0 Å². The minimum absolute atomic E-state index is 0.363. The van der Waals surface area contributed by atoms with Gasteiger partial charge in [0.05, 0.1) is 5.60 Å². The van der Waals surface area contributed by atoms with Crippen molar-refractivity contribution in [2.75, 3.05) is 6.61 Å². The smallest absolute Gasteiger partial charge is 0.119 e. The highest BCUT2D eigenvalue weighted by Crippen LogP contribution is 2.26. The summed E-state index contributed by atoms with van der Waals surface area (Å²) in [4.78, 5) is 0. The summed E-state index contributed by atoms with van der Waals surface area (Å²) in [6.45, 7) is 4.13. The van der Waals surface area contributed by atoms with Gasteiger partial charge in [0, 0.05) is 0 Å². The van der Waals surface area contributed by atoms with Crippen molar-refractivity contribution in [2.24, 2.45) is 0 Å². The van der Waals surface area contributed by atoms with Crippen LogP contribution in [-0.2, 0) is 12.8 Å². The molecule has 16 heavy (non-hydrogen) atoms. The van der Waals surface area contributed by atoms with E-state index in [4.69, 9.17) is 4.74 Å². The molecule has 0 heterocycles. The molecule has 1 atom stereocenters. The van der Waals surface area contributed by atoms with E-state index in [1.165, 1.54) is 24.0 Å². The van der Waals surface area contributed by atoms with Gasteiger partial charge in [0.25, 0.3) is 0 Å². The van der Waals surface area contributed by atoms with Crippen LogP contribution in [0.5, 0.6) is 5.75 Å². The Morgan fingerprint density at radius 2 is 2.06 bits per heavy atom. The van der Waals surface area contributed by atoms with Gasteiger partial charge >= 0.3 is 0 Å². The highest BCUT2D eigenvalue weighted by Gasteiger charge is 2.19. The zero-order valence-electron chi connectivity index (χ0n) is 10.1. The van der Waals surface area contributed by atoms with E-state index in [9.17, 15) is 5.11 Å². The van der Waals surface area contributed by atoms with Crippen molar-refractivity contribution in [1.82, 2.24) is 0 Å². The van der Waals surface area contributed by atoms with E-state index in [2.05, 4.69) is 12.1 Å². The fourth-order valence-electron chi connectivity index (χ4n) is 1.98. The maximum absolute atomic E-state index is 9.85. The summed E-state index contributed by atoms with van der Waals surface area (Å²) in [5.74, 6) is 0.884. The van der Waals surface area contributed by atoms with Gasteiger partial charge in [-0.05, 0) is 55.9 Å². The van der Waals surface area contributed by atoms with Crippen LogP contribution < -0.4 is 4.74 Å². The molecular formula is C14H20O2. The van der Waals surface area contributed by atoms with Crippen LogP contribution in [0.15, 0.2) is 18.2 Å². The summed E-state index contributed by atoms with van der Waals surface area (Å²) >= 11 is 0. The highest BCUT2D eigenvalue weighted by atomic mass is 16.5. The molecule has 0 bridgehead atoms. The maximum Gasteiger partial charge on any atom is 0.119 e. The standard InChI is InChI=1S/C14H20O2/c1-3-14(2,15)10-16-13-8-7-11-5-4-6-12(11)9-13/h7-9,15H,3-6,10H2,1-2H3. The first-order chi connectivity index (χ1) is 7.61. The molecule has 1 aliphatic rings. The van der Waals surface area contributed by atoms with Crippen molar-refractivity contribution in [1.29, 1.82) is 0 Å². The fourth-order valence-corrected chi connectivity index (χ4v) is 1.98. The lowest BCUT2D eigenvalue weighted by molar-refractivity contribution is 0.00845. The van der Waals surface area contributed by atoms with Gasteiger partial charge in [-0.25, -0.2) is 0 Å². The number of benzene rings is 1. The lowest BCUT2D eigenvalue weighted by Crippen LogP contribution is -2.31. The van der Waals surface area contributed by atoms with Crippen LogP contribution in [-0.4, -0.2) is 17.3 Å². The van der Waals surface area contributed by atoms with Crippen LogP contribution in [0.4, 0.5) is 0 Å². The van der Waals surface area contributed by atoms with E-state index in [0.717, 1.165) is 12.2 Å². The number of fused-ring (bicyclic) bond motifs is 1. The number of hydrogen-bond donors (Lipinski definition) is 1. The number of rotatable bonds is 4. The van der Waals surface area contributed by atoms with Crippen LogP contribution in [0.25, 0.3) is 0 Å². The van der Waals surface area contributed by atoms with Gasteiger partial charge in [-0.15, -0.1) is 0 Å². The molecule has 88 valence electrons. The molecule has 0 amide bonds. The van der Waals surface area contributed by atoms with Crippen molar-refractivity contribution in [2.45, 2.75) is 45.1 Å². The number of hydrogen-bond acceptors (Lipinski definition) is 2. The second-order valence-electron chi connectivity index (χ2n) is 4.92. The molecule has 1 aromatic carbocycles. The Bertz CT molecular complexity index is 369. The van der Waals surface area contributed by atoms with Crippen molar-refractivity contribution in [3.63, 3.8) is 0 Å². The van der Waals surface area contributed by atoms with Crippen LogP contribution in [0.1, 0.15) is 37.8 Å². The normalized spacial score (nSPS) is 17.9. The average Bonchev–Trinajstić information content (AvgIpc) is 2.73. The van der Waals surface area contributed by atoms with Gasteiger partial charge < -0.3 is 9.84 Å². The Kier molecular flexibility index (Phi) is 3.20. The SMILES string of the molecule is CCC(C)(O)COc1ccc2c(c1)CCC2. The van der Waals surface area contributed by atoms with Gasteiger partial charge in [-0.2, -0.15) is 0 Å². The van der Waals surface area contributed by atoms with Gasteiger partial charge in [0.15, 0.2) is 0 Å². The molecule has 2 rings (SSSR count). The molecule has 1 aromatic rings. The third-order valence-corrected chi connectivity index (χ3v) is 3.38. The van der Waals surface area contributed by atoms with Crippen LogP contribution >= 0.6 is 0 Å². The van der Waals surface area contributed by atoms with Crippen LogP contribution in [0, 0.1) is 0 Å². The molecule has 2 heteroatoms. The Labute approximate surface area is 97.3 Å². The molecule has 1 unspecified atom stereocenters. The fraction of sp³-hybridized carbons (Fsp3) is 0.571. The second-order valence-corrected chi connectivity index (χ2v) is 4.92. The third kappa shape index (κ3) is 2.56.